The van der Waals surface area contributed by atoms with E-state index in [2.05, 4.69) is 34.1 Å². The van der Waals surface area contributed by atoms with Gasteiger partial charge in [-0.15, -0.1) is 0 Å². The molecule has 4 rings (SSSR count). The van der Waals surface area contributed by atoms with Crippen LogP contribution in [-0.4, -0.2) is 35.7 Å². The molecule has 20 heavy (non-hydrogen) atoms. The van der Waals surface area contributed by atoms with Gasteiger partial charge in [0, 0.05) is 31.2 Å². The number of aromatic nitrogens is 1. The summed E-state index contributed by atoms with van der Waals surface area (Å²) in [5.74, 6) is 0.826. The fourth-order valence-corrected chi connectivity index (χ4v) is 3.17. The SMILES string of the molecule is c1cc(CN2CCOC(C3CC3)C2)c2cccnc2c1. The van der Waals surface area contributed by atoms with Crippen LogP contribution in [-0.2, 0) is 11.3 Å². The van der Waals surface area contributed by atoms with Gasteiger partial charge in [-0.25, -0.2) is 0 Å². The number of hydrogen-bond acceptors (Lipinski definition) is 3. The molecule has 104 valence electrons. The first-order valence-electron chi connectivity index (χ1n) is 7.57. The lowest BCUT2D eigenvalue weighted by Gasteiger charge is -2.33. The number of nitrogens with zero attached hydrogens (tertiary/aromatic N) is 2. The third-order valence-corrected chi connectivity index (χ3v) is 4.46. The summed E-state index contributed by atoms with van der Waals surface area (Å²) in [5, 5.41) is 1.28. The molecule has 1 aliphatic heterocycles. The molecule has 1 unspecified atom stereocenters. The molecule has 3 nitrogen and oxygen atoms in total. The van der Waals surface area contributed by atoms with Crippen LogP contribution in [0.25, 0.3) is 10.9 Å². The van der Waals surface area contributed by atoms with Crippen molar-refractivity contribution >= 4 is 10.9 Å². The van der Waals surface area contributed by atoms with Gasteiger partial charge >= 0.3 is 0 Å². The molecule has 0 radical (unpaired) electrons. The maximum Gasteiger partial charge on any atom is 0.0730 e. The minimum atomic E-state index is 0.469. The highest BCUT2D eigenvalue weighted by Gasteiger charge is 2.35. The van der Waals surface area contributed by atoms with Gasteiger partial charge in [0.05, 0.1) is 18.2 Å². The third-order valence-electron chi connectivity index (χ3n) is 4.46. The molecule has 1 aliphatic carbocycles. The Hall–Kier alpha value is -1.45. The molecule has 2 aliphatic rings. The van der Waals surface area contributed by atoms with E-state index in [0.29, 0.717) is 6.10 Å². The zero-order valence-electron chi connectivity index (χ0n) is 11.7. The van der Waals surface area contributed by atoms with Crippen LogP contribution in [0.3, 0.4) is 0 Å². The standard InChI is InChI=1S/C17H20N2O/c1-3-14(15-4-2-8-18-16(15)5-1)11-19-9-10-20-17(12-19)13-6-7-13/h1-5,8,13,17H,6-7,9-12H2. The normalized spacial score (nSPS) is 24.1. The van der Waals surface area contributed by atoms with Crippen LogP contribution in [0.4, 0.5) is 0 Å². The number of pyridine rings is 1. The molecule has 1 atom stereocenters. The lowest BCUT2D eigenvalue weighted by Crippen LogP contribution is -2.42. The lowest BCUT2D eigenvalue weighted by atomic mass is 10.1. The van der Waals surface area contributed by atoms with Gasteiger partial charge in [0.15, 0.2) is 0 Å². The van der Waals surface area contributed by atoms with Crippen molar-refractivity contribution in [3.8, 4) is 0 Å². The van der Waals surface area contributed by atoms with Gasteiger partial charge in [-0.3, -0.25) is 9.88 Å². The van der Waals surface area contributed by atoms with Crippen molar-refractivity contribution in [1.82, 2.24) is 9.88 Å². The Bertz CT molecular complexity index is 603. The highest BCUT2D eigenvalue weighted by Crippen LogP contribution is 2.36. The lowest BCUT2D eigenvalue weighted by molar-refractivity contribution is -0.0417. The van der Waals surface area contributed by atoms with Crippen LogP contribution in [0.2, 0.25) is 0 Å². The fraction of sp³-hybridized carbons (Fsp3) is 0.471. The first kappa shape index (κ1) is 12.3. The van der Waals surface area contributed by atoms with E-state index in [1.807, 2.05) is 12.3 Å². The van der Waals surface area contributed by atoms with Crippen molar-refractivity contribution < 1.29 is 4.74 Å². The fourth-order valence-electron chi connectivity index (χ4n) is 3.17. The number of rotatable bonds is 3. The molecule has 2 fully saturated rings. The van der Waals surface area contributed by atoms with Crippen LogP contribution < -0.4 is 0 Å². The molecule has 2 heterocycles. The summed E-state index contributed by atoms with van der Waals surface area (Å²) in [4.78, 5) is 6.98. The average Bonchev–Trinajstić information content (AvgIpc) is 3.33. The predicted molar refractivity (Wildman–Crippen MR) is 79.5 cm³/mol. The monoisotopic (exact) mass is 268 g/mol. The predicted octanol–water partition coefficient (Wildman–Crippen LogP) is 2.85. The molecular formula is C17H20N2O. The van der Waals surface area contributed by atoms with Crippen molar-refractivity contribution in [2.45, 2.75) is 25.5 Å². The summed E-state index contributed by atoms with van der Waals surface area (Å²) in [6, 6.07) is 10.6. The van der Waals surface area contributed by atoms with Crippen LogP contribution in [0.1, 0.15) is 18.4 Å². The molecule has 2 aromatic rings. The summed E-state index contributed by atoms with van der Waals surface area (Å²) in [7, 11) is 0. The van der Waals surface area contributed by atoms with E-state index < -0.39 is 0 Å². The highest BCUT2D eigenvalue weighted by atomic mass is 16.5. The second-order valence-electron chi connectivity index (χ2n) is 5.97. The Morgan fingerprint density at radius 1 is 1.20 bits per heavy atom. The first-order chi connectivity index (χ1) is 9.90. The molecule has 1 aromatic carbocycles. The summed E-state index contributed by atoms with van der Waals surface area (Å²) < 4.78 is 5.90. The van der Waals surface area contributed by atoms with Crippen molar-refractivity contribution in [3.05, 3.63) is 42.1 Å². The summed E-state index contributed by atoms with van der Waals surface area (Å²) >= 11 is 0. The quantitative estimate of drug-likeness (QED) is 0.856. The van der Waals surface area contributed by atoms with Crippen molar-refractivity contribution in [2.75, 3.05) is 19.7 Å². The van der Waals surface area contributed by atoms with Crippen LogP contribution >= 0.6 is 0 Å². The smallest absolute Gasteiger partial charge is 0.0730 e. The van der Waals surface area contributed by atoms with E-state index in [1.165, 1.54) is 23.8 Å². The molecule has 0 amide bonds. The molecule has 1 saturated heterocycles. The van der Waals surface area contributed by atoms with E-state index in [1.54, 1.807) is 0 Å². The van der Waals surface area contributed by atoms with Crippen LogP contribution in [0, 0.1) is 5.92 Å². The number of morpholine rings is 1. The molecule has 3 heteroatoms. The molecule has 0 N–H and O–H groups in total. The zero-order valence-corrected chi connectivity index (χ0v) is 11.7. The van der Waals surface area contributed by atoms with E-state index in [0.717, 1.165) is 37.7 Å². The number of benzene rings is 1. The van der Waals surface area contributed by atoms with Crippen molar-refractivity contribution in [1.29, 1.82) is 0 Å². The van der Waals surface area contributed by atoms with Gasteiger partial charge in [0.1, 0.15) is 0 Å². The van der Waals surface area contributed by atoms with Gasteiger partial charge in [0.2, 0.25) is 0 Å². The Morgan fingerprint density at radius 2 is 2.15 bits per heavy atom. The number of hydrogen-bond donors (Lipinski definition) is 0. The average molecular weight is 268 g/mol. The first-order valence-corrected chi connectivity index (χ1v) is 7.57. The summed E-state index contributed by atoms with van der Waals surface area (Å²) in [6.07, 6.45) is 5.05. The maximum atomic E-state index is 5.90. The van der Waals surface area contributed by atoms with Gasteiger partial charge in [0.25, 0.3) is 0 Å². The van der Waals surface area contributed by atoms with E-state index in [-0.39, 0.29) is 0 Å². The summed E-state index contributed by atoms with van der Waals surface area (Å²) in [6.45, 7) is 4.01. The largest absolute Gasteiger partial charge is 0.375 e. The zero-order chi connectivity index (χ0) is 13.4. The Labute approximate surface area is 119 Å². The minimum absolute atomic E-state index is 0.469. The topological polar surface area (TPSA) is 25.4 Å². The number of fused-ring (bicyclic) bond motifs is 1. The minimum Gasteiger partial charge on any atom is -0.375 e. The van der Waals surface area contributed by atoms with Gasteiger partial charge in [-0.1, -0.05) is 18.2 Å². The maximum absolute atomic E-state index is 5.90. The second kappa shape index (κ2) is 5.15. The van der Waals surface area contributed by atoms with E-state index >= 15 is 0 Å². The van der Waals surface area contributed by atoms with Crippen LogP contribution in [0.5, 0.6) is 0 Å². The highest BCUT2D eigenvalue weighted by molar-refractivity contribution is 5.81. The van der Waals surface area contributed by atoms with Crippen LogP contribution in [0.15, 0.2) is 36.5 Å². The molecular weight excluding hydrogens is 248 g/mol. The van der Waals surface area contributed by atoms with E-state index in [9.17, 15) is 0 Å². The van der Waals surface area contributed by atoms with Gasteiger partial charge in [-0.2, -0.15) is 0 Å². The molecule has 1 saturated carbocycles. The van der Waals surface area contributed by atoms with Crippen molar-refractivity contribution in [3.63, 3.8) is 0 Å². The Kier molecular flexibility index (Phi) is 3.17. The molecule has 1 aromatic heterocycles. The number of ether oxygens (including phenoxy) is 1. The van der Waals surface area contributed by atoms with E-state index in [4.69, 9.17) is 4.74 Å². The van der Waals surface area contributed by atoms with Gasteiger partial charge < -0.3 is 4.74 Å². The third kappa shape index (κ3) is 2.43. The molecule has 0 bridgehead atoms. The summed E-state index contributed by atoms with van der Waals surface area (Å²) in [5.41, 5.74) is 2.48. The molecule has 0 spiro atoms. The second-order valence-corrected chi connectivity index (χ2v) is 5.97. The Balaban J connectivity index is 1.54. The Morgan fingerprint density at radius 3 is 3.05 bits per heavy atom. The van der Waals surface area contributed by atoms with Gasteiger partial charge in [-0.05, 0) is 36.5 Å². The van der Waals surface area contributed by atoms with Crippen molar-refractivity contribution in [2.24, 2.45) is 5.92 Å².